The predicted octanol–water partition coefficient (Wildman–Crippen LogP) is 7.40. The topological polar surface area (TPSA) is 61.6 Å². The van der Waals surface area contributed by atoms with Gasteiger partial charge in [-0.25, -0.2) is 9.53 Å². The SMILES string of the molecule is C/C(=N\P(=S)(OC(C)C)OC(C)C)SCS/C(C)=N/P(=S)(OC(C)C)OC(C)C. The van der Waals surface area contributed by atoms with Gasteiger partial charge in [0.2, 0.25) is 0 Å². The zero-order valence-corrected chi connectivity index (χ0v) is 24.1. The predicted molar refractivity (Wildman–Crippen MR) is 140 cm³/mol. The molecule has 0 heterocycles. The first kappa shape index (κ1) is 30.2. The van der Waals surface area contributed by atoms with Crippen LogP contribution >= 0.6 is 36.8 Å². The summed E-state index contributed by atoms with van der Waals surface area (Å²) in [4.78, 5) is 0. The van der Waals surface area contributed by atoms with E-state index in [1.807, 2.05) is 69.2 Å². The molecule has 0 saturated heterocycles. The van der Waals surface area contributed by atoms with Crippen molar-refractivity contribution in [2.24, 2.45) is 9.53 Å². The molecular formula is C17H36N2O4P2S4. The second-order valence-electron chi connectivity index (χ2n) is 7.20. The van der Waals surface area contributed by atoms with Crippen molar-refractivity contribution in [1.29, 1.82) is 0 Å². The smallest absolute Gasteiger partial charge is 0.310 e. The average Bonchev–Trinajstić information content (AvgIpc) is 2.41. The fourth-order valence-corrected chi connectivity index (χ4v) is 10.7. The summed E-state index contributed by atoms with van der Waals surface area (Å²) in [7, 11) is 0. The molecule has 29 heavy (non-hydrogen) atoms. The highest BCUT2D eigenvalue weighted by atomic mass is 32.5. The maximum absolute atomic E-state index is 5.82. The van der Waals surface area contributed by atoms with E-state index in [2.05, 4.69) is 9.53 Å². The van der Waals surface area contributed by atoms with Gasteiger partial charge in [0.25, 0.3) is 0 Å². The Morgan fingerprint density at radius 1 is 0.655 bits per heavy atom. The van der Waals surface area contributed by atoms with E-state index < -0.39 is 13.3 Å². The van der Waals surface area contributed by atoms with Crippen LogP contribution in [0.5, 0.6) is 0 Å². The average molecular weight is 523 g/mol. The van der Waals surface area contributed by atoms with Crippen molar-refractivity contribution in [3.8, 4) is 0 Å². The van der Waals surface area contributed by atoms with Crippen LogP contribution < -0.4 is 0 Å². The van der Waals surface area contributed by atoms with Crippen LogP contribution in [0, 0.1) is 0 Å². The minimum Gasteiger partial charge on any atom is -0.310 e. The summed E-state index contributed by atoms with van der Waals surface area (Å²) < 4.78 is 32.4. The molecule has 172 valence electrons. The van der Waals surface area contributed by atoms with Crippen LogP contribution in [-0.2, 0) is 41.7 Å². The molecule has 0 aliphatic carbocycles. The van der Waals surface area contributed by atoms with Crippen LogP contribution in [-0.4, -0.2) is 39.6 Å². The third kappa shape index (κ3) is 15.6. The maximum atomic E-state index is 5.82. The van der Waals surface area contributed by atoms with Crippen LogP contribution in [0.3, 0.4) is 0 Å². The minimum absolute atomic E-state index is 0.0454. The molecule has 0 fully saturated rings. The van der Waals surface area contributed by atoms with Crippen LogP contribution in [0.25, 0.3) is 0 Å². The lowest BCUT2D eigenvalue weighted by Gasteiger charge is -2.23. The summed E-state index contributed by atoms with van der Waals surface area (Å²) in [5.74, 6) is 0. The van der Waals surface area contributed by atoms with Crippen LogP contribution in [0.15, 0.2) is 9.53 Å². The Hall–Kier alpha value is 1.18. The van der Waals surface area contributed by atoms with E-state index in [9.17, 15) is 0 Å². The first-order valence-corrected chi connectivity index (χ1v) is 16.6. The molecular weight excluding hydrogens is 486 g/mol. The van der Waals surface area contributed by atoms with Gasteiger partial charge in [-0.05, 0) is 92.9 Å². The molecule has 0 radical (unpaired) electrons. The monoisotopic (exact) mass is 522 g/mol. The zero-order valence-electron chi connectivity index (χ0n) is 19.1. The van der Waals surface area contributed by atoms with Crippen LogP contribution in [0.4, 0.5) is 0 Å². The molecule has 0 atom stereocenters. The van der Waals surface area contributed by atoms with E-state index in [1.54, 1.807) is 23.5 Å². The van der Waals surface area contributed by atoms with Gasteiger partial charge in [0, 0.05) is 0 Å². The van der Waals surface area contributed by atoms with Crippen molar-refractivity contribution in [2.75, 3.05) is 5.08 Å². The van der Waals surface area contributed by atoms with E-state index in [0.29, 0.717) is 5.08 Å². The molecule has 0 N–H and O–H groups in total. The lowest BCUT2D eigenvalue weighted by Crippen LogP contribution is -2.07. The van der Waals surface area contributed by atoms with Gasteiger partial charge in [-0.2, -0.15) is 0 Å². The molecule has 0 saturated carbocycles. The number of rotatable bonds is 12. The largest absolute Gasteiger partial charge is 0.310 e. The van der Waals surface area contributed by atoms with E-state index >= 15 is 0 Å². The van der Waals surface area contributed by atoms with Gasteiger partial charge >= 0.3 is 13.3 Å². The molecule has 0 amide bonds. The first-order valence-electron chi connectivity index (χ1n) is 9.49. The molecule has 0 rings (SSSR count). The van der Waals surface area contributed by atoms with Gasteiger partial charge in [0.1, 0.15) is 0 Å². The van der Waals surface area contributed by atoms with Crippen molar-refractivity contribution in [2.45, 2.75) is 93.7 Å². The number of thioether (sulfide) groups is 2. The lowest BCUT2D eigenvalue weighted by molar-refractivity contribution is 0.175. The minimum atomic E-state index is -2.71. The Labute approximate surface area is 196 Å². The van der Waals surface area contributed by atoms with Crippen molar-refractivity contribution in [1.82, 2.24) is 0 Å². The Balaban J connectivity index is 5.04. The first-order chi connectivity index (χ1) is 13.2. The molecule has 6 nitrogen and oxygen atoms in total. The molecule has 0 aromatic carbocycles. The van der Waals surface area contributed by atoms with Crippen LogP contribution in [0.1, 0.15) is 69.2 Å². The highest BCUT2D eigenvalue weighted by Gasteiger charge is 2.23. The second kappa shape index (κ2) is 14.4. The van der Waals surface area contributed by atoms with E-state index in [0.717, 1.165) is 10.1 Å². The van der Waals surface area contributed by atoms with Gasteiger partial charge in [-0.1, -0.05) is 23.5 Å². The standard InChI is InChI=1S/C17H36N2O4P2S4/c1-12(2)20-24(26,21-13(3)4)18-16(9)28-11-29-17(10)19-25(27,22-14(5)6)23-15(7)8/h12-15H,11H2,1-10H3/b18-16+,19-17+. The zero-order chi connectivity index (χ0) is 22.8. The third-order valence-corrected chi connectivity index (χ3v) is 10.0. The van der Waals surface area contributed by atoms with Gasteiger partial charge in [0.05, 0.1) is 39.6 Å². The summed E-state index contributed by atoms with van der Waals surface area (Å²) in [5, 5.41) is 2.36. The summed E-state index contributed by atoms with van der Waals surface area (Å²) in [5.41, 5.74) is 0. The highest BCUT2D eigenvalue weighted by molar-refractivity contribution is 8.29. The van der Waals surface area contributed by atoms with E-state index in [1.165, 1.54) is 0 Å². The van der Waals surface area contributed by atoms with E-state index in [-0.39, 0.29) is 24.4 Å². The fourth-order valence-electron chi connectivity index (χ4n) is 1.81. The number of hydrogen-bond acceptors (Lipinski definition) is 8. The van der Waals surface area contributed by atoms with Crippen LogP contribution in [0.2, 0.25) is 0 Å². The quantitative estimate of drug-likeness (QED) is 0.114. The van der Waals surface area contributed by atoms with Crippen molar-refractivity contribution >= 4 is 70.5 Å². The lowest BCUT2D eigenvalue weighted by atomic mass is 10.5. The fraction of sp³-hybridized carbons (Fsp3) is 0.882. The summed E-state index contributed by atoms with van der Waals surface area (Å²) in [6, 6.07) is 0. The molecule has 0 aliphatic rings. The molecule has 0 spiro atoms. The summed E-state index contributed by atoms with van der Waals surface area (Å²) in [6.07, 6.45) is -0.182. The molecule has 12 heteroatoms. The molecule has 0 aromatic heterocycles. The molecule has 0 aliphatic heterocycles. The van der Waals surface area contributed by atoms with Crippen molar-refractivity contribution < 1.29 is 18.1 Å². The third-order valence-electron chi connectivity index (χ3n) is 2.44. The summed E-state index contributed by atoms with van der Waals surface area (Å²) in [6.45, 7) is 13.9. The van der Waals surface area contributed by atoms with Gasteiger partial charge in [-0.15, -0.1) is 0 Å². The highest BCUT2D eigenvalue weighted by Crippen LogP contribution is 2.54. The second-order valence-corrected chi connectivity index (χ2v) is 15.8. The van der Waals surface area contributed by atoms with Gasteiger partial charge in [0.15, 0.2) is 0 Å². The molecule has 0 aromatic rings. The Morgan fingerprint density at radius 2 is 0.897 bits per heavy atom. The summed E-state index contributed by atoms with van der Waals surface area (Å²) >= 11 is 14.3. The normalized spacial score (nSPS) is 14.7. The maximum Gasteiger partial charge on any atom is 0.310 e. The van der Waals surface area contributed by atoms with Crippen molar-refractivity contribution in [3.05, 3.63) is 0 Å². The van der Waals surface area contributed by atoms with Gasteiger partial charge in [-0.3, -0.25) is 0 Å². The Kier molecular flexibility index (Phi) is 14.9. The van der Waals surface area contributed by atoms with E-state index in [4.69, 9.17) is 41.7 Å². The number of hydrogen-bond donors (Lipinski definition) is 0. The number of nitrogens with zero attached hydrogens (tertiary/aromatic N) is 2. The molecule has 0 bridgehead atoms. The Bertz CT molecular complexity index is 573. The van der Waals surface area contributed by atoms with Crippen molar-refractivity contribution in [3.63, 3.8) is 0 Å². The Morgan fingerprint density at radius 3 is 1.10 bits per heavy atom. The molecule has 0 unspecified atom stereocenters. The van der Waals surface area contributed by atoms with Gasteiger partial charge < -0.3 is 18.1 Å².